The molecule has 0 saturated heterocycles. The molecule has 1 aliphatic carbocycles. The highest BCUT2D eigenvalue weighted by Crippen LogP contribution is 2.39. The number of rotatable bonds is 13. The van der Waals surface area contributed by atoms with E-state index in [2.05, 4.69) is 15.8 Å². The van der Waals surface area contributed by atoms with Crippen molar-refractivity contribution < 1.29 is 33.3 Å². The molecule has 2 amide bonds. The minimum absolute atomic E-state index is 0.260. The van der Waals surface area contributed by atoms with E-state index in [0.717, 1.165) is 41.7 Å². The summed E-state index contributed by atoms with van der Waals surface area (Å²) in [5.74, 6) is 0.323. The highest BCUT2D eigenvalue weighted by Gasteiger charge is 2.27. The number of carbonyl (C=O) groups excluding carboxylic acids is 3. The highest BCUT2D eigenvalue weighted by atomic mass is 32.1. The number of nitrogens with zero attached hydrogens (tertiary/aromatic N) is 1. The predicted molar refractivity (Wildman–Crippen MR) is 186 cm³/mol. The average molecular weight is 670 g/mol. The van der Waals surface area contributed by atoms with Crippen LogP contribution in [-0.4, -0.2) is 43.8 Å². The van der Waals surface area contributed by atoms with Crippen LogP contribution in [0.3, 0.4) is 0 Å². The molecule has 2 N–H and O–H groups in total. The van der Waals surface area contributed by atoms with Crippen LogP contribution in [0.2, 0.25) is 0 Å². The fourth-order valence-electron chi connectivity index (χ4n) is 5.18. The van der Waals surface area contributed by atoms with Crippen molar-refractivity contribution in [2.24, 2.45) is 5.10 Å². The fourth-order valence-corrected chi connectivity index (χ4v) is 6.45. The molecule has 10 nitrogen and oxygen atoms in total. The molecule has 1 atom stereocenters. The van der Waals surface area contributed by atoms with Crippen molar-refractivity contribution in [3.8, 4) is 17.2 Å². The lowest BCUT2D eigenvalue weighted by Crippen LogP contribution is -2.33. The Balaban J connectivity index is 1.13. The number of benzene rings is 3. The molecule has 0 radical (unpaired) electrons. The largest absolute Gasteiger partial charge is 0.493 e. The van der Waals surface area contributed by atoms with Gasteiger partial charge in [-0.25, -0.2) is 10.2 Å². The summed E-state index contributed by atoms with van der Waals surface area (Å²) in [5, 5.41) is 7.48. The van der Waals surface area contributed by atoms with Crippen LogP contribution >= 0.6 is 11.3 Å². The topological polar surface area (TPSA) is 125 Å². The normalized spacial score (nSPS) is 12.9. The van der Waals surface area contributed by atoms with E-state index in [0.29, 0.717) is 45.5 Å². The maximum Gasteiger partial charge on any atom is 0.341 e. The Morgan fingerprint density at radius 2 is 1.73 bits per heavy atom. The van der Waals surface area contributed by atoms with Crippen molar-refractivity contribution in [2.75, 3.05) is 19.0 Å². The van der Waals surface area contributed by atoms with E-state index >= 15 is 0 Å². The zero-order valence-electron chi connectivity index (χ0n) is 27.5. The molecule has 0 aliphatic heterocycles. The van der Waals surface area contributed by atoms with Gasteiger partial charge in [0.15, 0.2) is 17.6 Å². The van der Waals surface area contributed by atoms with Crippen LogP contribution < -0.4 is 25.0 Å². The van der Waals surface area contributed by atoms with Gasteiger partial charge in [-0.3, -0.25) is 9.59 Å². The minimum atomic E-state index is -0.863. The molecule has 0 spiro atoms. The van der Waals surface area contributed by atoms with Gasteiger partial charge in [0.25, 0.3) is 11.8 Å². The summed E-state index contributed by atoms with van der Waals surface area (Å²) in [6, 6.07) is 19.9. The Morgan fingerprint density at radius 1 is 0.979 bits per heavy atom. The van der Waals surface area contributed by atoms with Crippen molar-refractivity contribution in [3.63, 3.8) is 0 Å². The number of methoxy groups -OCH3 is 1. The molecule has 3 aromatic carbocycles. The number of esters is 1. The van der Waals surface area contributed by atoms with E-state index in [1.165, 1.54) is 23.1 Å². The second-order valence-electron chi connectivity index (χ2n) is 11.3. The van der Waals surface area contributed by atoms with Crippen molar-refractivity contribution in [2.45, 2.75) is 59.2 Å². The third-order valence-corrected chi connectivity index (χ3v) is 8.97. The first kappa shape index (κ1) is 34.2. The van der Waals surface area contributed by atoms with Crippen LogP contribution in [0, 0.1) is 6.92 Å². The van der Waals surface area contributed by atoms with E-state index in [1.54, 1.807) is 57.4 Å². The summed E-state index contributed by atoms with van der Waals surface area (Å²) in [5.41, 5.74) is 7.25. The molecule has 5 rings (SSSR count). The number of hydrazone groups is 1. The third kappa shape index (κ3) is 8.60. The number of amides is 2. The first-order valence-corrected chi connectivity index (χ1v) is 16.7. The molecule has 48 heavy (non-hydrogen) atoms. The van der Waals surface area contributed by atoms with Crippen LogP contribution in [0.25, 0.3) is 0 Å². The van der Waals surface area contributed by atoms with Gasteiger partial charge in [-0.1, -0.05) is 29.8 Å². The van der Waals surface area contributed by atoms with E-state index < -0.39 is 18.0 Å². The Kier molecular flexibility index (Phi) is 11.5. The van der Waals surface area contributed by atoms with Crippen LogP contribution in [0.5, 0.6) is 17.2 Å². The molecule has 250 valence electrons. The third-order valence-electron chi connectivity index (χ3n) is 7.77. The predicted octanol–water partition coefficient (Wildman–Crippen LogP) is 6.87. The monoisotopic (exact) mass is 669 g/mol. The molecule has 0 fully saturated rings. The van der Waals surface area contributed by atoms with Gasteiger partial charge in [0.1, 0.15) is 17.4 Å². The molecule has 0 bridgehead atoms. The average Bonchev–Trinajstić information content (AvgIpc) is 3.46. The minimum Gasteiger partial charge on any atom is -0.493 e. The van der Waals surface area contributed by atoms with E-state index in [-0.39, 0.29) is 12.5 Å². The van der Waals surface area contributed by atoms with Crippen molar-refractivity contribution in [3.05, 3.63) is 105 Å². The van der Waals surface area contributed by atoms with Crippen LogP contribution in [0.1, 0.15) is 74.5 Å². The number of ether oxygens (including phenoxy) is 4. The smallest absolute Gasteiger partial charge is 0.341 e. The number of fused-ring (bicyclic) bond motifs is 1. The lowest BCUT2D eigenvalue weighted by atomic mass is 9.95. The molecule has 0 unspecified atom stereocenters. The highest BCUT2D eigenvalue weighted by molar-refractivity contribution is 7.17. The molecule has 1 aromatic heterocycles. The summed E-state index contributed by atoms with van der Waals surface area (Å²) in [4.78, 5) is 39.6. The molecule has 4 aromatic rings. The van der Waals surface area contributed by atoms with Gasteiger partial charge in [-0.2, -0.15) is 5.10 Å². The lowest BCUT2D eigenvalue weighted by Gasteiger charge is -2.14. The second kappa shape index (κ2) is 16.1. The Labute approximate surface area is 284 Å². The first-order chi connectivity index (χ1) is 23.2. The standard InChI is InChI=1S/C37H39N3O7S/c1-5-45-37(43)33-29-8-6-7-9-32(29)48-36(33)39-35(42)27-15-17-28(18-16-27)47-24(3)34(41)40-38-21-26-14-19-30(31(20-26)44-4)46-22-25-12-10-23(2)11-13-25/h10-21,24H,5-9,22H2,1-4H3,(H,39,42)(H,40,41)/b38-21-/t24-/m0/s1. The summed E-state index contributed by atoms with van der Waals surface area (Å²) in [6.45, 7) is 6.07. The SMILES string of the molecule is CCOC(=O)c1c(NC(=O)c2ccc(O[C@@H](C)C(=O)N/N=C\c3ccc(OCc4ccc(C)cc4)c(OC)c3)cc2)sc2c1CCCC2. The summed E-state index contributed by atoms with van der Waals surface area (Å²) < 4.78 is 22.5. The number of aryl methyl sites for hydroxylation is 2. The Hall–Kier alpha value is -5.16. The zero-order valence-corrected chi connectivity index (χ0v) is 28.3. The van der Waals surface area contributed by atoms with E-state index in [1.807, 2.05) is 37.3 Å². The molecular formula is C37H39N3O7S. The number of thiophene rings is 1. The van der Waals surface area contributed by atoms with Gasteiger partial charge in [0.05, 0.1) is 25.5 Å². The molecule has 11 heteroatoms. The van der Waals surface area contributed by atoms with E-state index in [4.69, 9.17) is 18.9 Å². The number of nitrogens with one attached hydrogen (secondary N) is 2. The van der Waals surface area contributed by atoms with Crippen LogP contribution in [-0.2, 0) is 29.0 Å². The number of hydrogen-bond acceptors (Lipinski definition) is 9. The number of hydrogen-bond donors (Lipinski definition) is 2. The zero-order chi connectivity index (χ0) is 34.0. The van der Waals surface area contributed by atoms with Gasteiger partial charge >= 0.3 is 5.97 Å². The fraction of sp³-hybridized carbons (Fsp3) is 0.297. The molecule has 1 aliphatic rings. The van der Waals surface area contributed by atoms with Gasteiger partial charge in [-0.15, -0.1) is 11.3 Å². The van der Waals surface area contributed by atoms with Crippen LogP contribution in [0.15, 0.2) is 71.8 Å². The number of carbonyl (C=O) groups is 3. The Morgan fingerprint density at radius 3 is 2.46 bits per heavy atom. The van der Waals surface area contributed by atoms with E-state index in [9.17, 15) is 14.4 Å². The van der Waals surface area contributed by atoms with Gasteiger partial charge in [-0.05, 0) is 106 Å². The van der Waals surface area contributed by atoms with Crippen molar-refractivity contribution in [1.82, 2.24) is 5.43 Å². The maximum atomic E-state index is 13.1. The summed E-state index contributed by atoms with van der Waals surface area (Å²) in [7, 11) is 1.56. The van der Waals surface area contributed by atoms with Gasteiger partial charge < -0.3 is 24.3 Å². The molecule has 1 heterocycles. The first-order valence-electron chi connectivity index (χ1n) is 15.8. The summed E-state index contributed by atoms with van der Waals surface area (Å²) >= 11 is 1.44. The van der Waals surface area contributed by atoms with Gasteiger partial charge in [0, 0.05) is 10.4 Å². The molecule has 0 saturated carbocycles. The lowest BCUT2D eigenvalue weighted by molar-refractivity contribution is -0.127. The van der Waals surface area contributed by atoms with Crippen molar-refractivity contribution in [1.29, 1.82) is 0 Å². The molecular weight excluding hydrogens is 630 g/mol. The summed E-state index contributed by atoms with van der Waals surface area (Å²) in [6.07, 6.45) is 4.38. The second-order valence-corrected chi connectivity index (χ2v) is 12.4. The van der Waals surface area contributed by atoms with Gasteiger partial charge in [0.2, 0.25) is 0 Å². The quantitative estimate of drug-likeness (QED) is 0.0905. The van der Waals surface area contributed by atoms with Crippen LogP contribution in [0.4, 0.5) is 5.00 Å². The van der Waals surface area contributed by atoms with Crippen molar-refractivity contribution >= 4 is 40.3 Å². The number of anilines is 1. The Bertz CT molecular complexity index is 1780. The maximum absolute atomic E-state index is 13.1.